The van der Waals surface area contributed by atoms with E-state index >= 15 is 0 Å². The SMILES string of the molecule is CCNC(C)=O.COc1ccc2c(c1)C(c1ccc(Sc3ccc4c(c3)B(O)OC4)cc1)=NCC(=N)N2C(C)=N. The van der Waals surface area contributed by atoms with Crippen molar-refractivity contribution in [3.05, 3.63) is 77.4 Å². The van der Waals surface area contributed by atoms with E-state index in [1.165, 1.54) is 6.92 Å². The van der Waals surface area contributed by atoms with Gasteiger partial charge in [-0.2, -0.15) is 0 Å². The third-order valence-corrected chi connectivity index (χ3v) is 7.26. The van der Waals surface area contributed by atoms with Gasteiger partial charge in [-0.1, -0.05) is 30.0 Å². The number of rotatable bonds is 5. The Morgan fingerprint density at radius 1 is 1.15 bits per heavy atom. The Morgan fingerprint density at radius 3 is 2.50 bits per heavy atom. The third-order valence-electron chi connectivity index (χ3n) is 6.26. The molecule has 0 aliphatic carbocycles. The zero-order valence-corrected chi connectivity index (χ0v) is 23.8. The molecule has 0 radical (unpaired) electrons. The number of hydrogen-bond acceptors (Lipinski definition) is 8. The minimum atomic E-state index is -0.855. The number of nitrogens with one attached hydrogen (secondary N) is 3. The second-order valence-corrected chi connectivity index (χ2v) is 10.3. The summed E-state index contributed by atoms with van der Waals surface area (Å²) in [5, 5.41) is 29.2. The number of carbonyl (C=O) groups excluding carboxylic acids is 1. The van der Waals surface area contributed by atoms with Crippen LogP contribution in [0.25, 0.3) is 0 Å². The van der Waals surface area contributed by atoms with Crippen molar-refractivity contribution in [3.8, 4) is 5.75 Å². The number of carbonyl (C=O) groups is 1. The van der Waals surface area contributed by atoms with Gasteiger partial charge in [0.05, 0.1) is 31.7 Å². The Morgan fingerprint density at radius 2 is 1.88 bits per heavy atom. The molecule has 2 aliphatic rings. The minimum Gasteiger partial charge on any atom is -0.497 e. The molecule has 11 heteroatoms. The van der Waals surface area contributed by atoms with Gasteiger partial charge in [-0.25, -0.2) is 0 Å². The summed E-state index contributed by atoms with van der Waals surface area (Å²) < 4.78 is 10.7. The summed E-state index contributed by atoms with van der Waals surface area (Å²) in [4.78, 5) is 18.4. The number of benzene rings is 3. The first-order valence-corrected chi connectivity index (χ1v) is 13.6. The molecule has 2 heterocycles. The zero-order valence-electron chi connectivity index (χ0n) is 22.9. The van der Waals surface area contributed by atoms with E-state index in [1.54, 1.807) is 30.7 Å². The van der Waals surface area contributed by atoms with Crippen LogP contribution >= 0.6 is 11.8 Å². The Labute approximate surface area is 238 Å². The van der Waals surface area contributed by atoms with Crippen molar-refractivity contribution >= 4 is 53.3 Å². The molecular formula is C29H32BN5O4S. The number of anilines is 1. The lowest BCUT2D eigenvalue weighted by molar-refractivity contribution is -0.118. The fourth-order valence-electron chi connectivity index (χ4n) is 4.43. The molecule has 206 valence electrons. The Hall–Kier alpha value is -3.93. The second-order valence-electron chi connectivity index (χ2n) is 9.15. The standard InChI is InChI=1S/C25H23BN4O3S.C4H9NO/c1-15(27)30-23-10-6-18(32-2)11-21(23)25(29-13-24(30)28)16-3-7-19(8-4-16)34-20-9-5-17-14-33-26(31)22(17)12-20;1-3-5-4(2)6/h3-12,27-28,31H,13-14H2,1-2H3;3H2,1-2H3,(H,5,6). The van der Waals surface area contributed by atoms with Gasteiger partial charge in [0.15, 0.2) is 0 Å². The number of ether oxygens (including phenoxy) is 1. The molecule has 4 N–H and O–H groups in total. The summed E-state index contributed by atoms with van der Waals surface area (Å²) in [6.07, 6.45) is 0. The van der Waals surface area contributed by atoms with Gasteiger partial charge >= 0.3 is 7.12 Å². The molecule has 3 aromatic carbocycles. The molecule has 0 spiro atoms. The molecule has 40 heavy (non-hydrogen) atoms. The van der Waals surface area contributed by atoms with Gasteiger partial charge in [0.2, 0.25) is 5.91 Å². The molecule has 3 aromatic rings. The Bertz CT molecular complexity index is 1460. The van der Waals surface area contributed by atoms with E-state index in [0.29, 0.717) is 12.4 Å². The van der Waals surface area contributed by atoms with Crippen molar-refractivity contribution in [2.24, 2.45) is 4.99 Å². The normalized spacial score (nSPS) is 13.8. The predicted molar refractivity (Wildman–Crippen MR) is 161 cm³/mol. The van der Waals surface area contributed by atoms with Crippen LogP contribution in [0.1, 0.15) is 37.5 Å². The van der Waals surface area contributed by atoms with E-state index in [1.807, 2.05) is 67.6 Å². The van der Waals surface area contributed by atoms with Crippen LogP contribution in [0.15, 0.2) is 75.4 Å². The predicted octanol–water partition coefficient (Wildman–Crippen LogP) is 3.84. The highest BCUT2D eigenvalue weighted by Crippen LogP contribution is 2.33. The average Bonchev–Trinajstić information content (AvgIpc) is 3.22. The molecule has 0 unspecified atom stereocenters. The molecule has 9 nitrogen and oxygen atoms in total. The number of aliphatic imine (C=N–C) groups is 1. The highest BCUT2D eigenvalue weighted by molar-refractivity contribution is 7.99. The molecule has 0 saturated carbocycles. The number of nitrogens with zero attached hydrogens (tertiary/aromatic N) is 2. The molecule has 0 bridgehead atoms. The maximum atomic E-state index is 9.98. The average molecular weight is 557 g/mol. The van der Waals surface area contributed by atoms with Gasteiger partial charge in [-0.3, -0.25) is 25.5 Å². The van der Waals surface area contributed by atoms with Gasteiger partial charge in [-0.15, -0.1) is 0 Å². The molecule has 0 fully saturated rings. The molecule has 2 aliphatic heterocycles. The van der Waals surface area contributed by atoms with E-state index in [4.69, 9.17) is 25.2 Å². The fraction of sp³-hybridized carbons (Fsp3) is 0.241. The van der Waals surface area contributed by atoms with E-state index in [2.05, 4.69) is 5.32 Å². The lowest BCUT2D eigenvalue weighted by Crippen LogP contribution is -2.35. The third kappa shape index (κ3) is 6.61. The summed E-state index contributed by atoms with van der Waals surface area (Å²) in [5.41, 5.74) is 5.10. The smallest absolute Gasteiger partial charge is 0.491 e. The van der Waals surface area contributed by atoms with Crippen LogP contribution < -0.4 is 20.4 Å². The molecular weight excluding hydrogens is 525 g/mol. The van der Waals surface area contributed by atoms with Crippen LogP contribution in [0.4, 0.5) is 5.69 Å². The van der Waals surface area contributed by atoms with Crippen molar-refractivity contribution in [1.82, 2.24) is 5.32 Å². The quantitative estimate of drug-likeness (QED) is 0.214. The van der Waals surface area contributed by atoms with E-state index in [9.17, 15) is 9.82 Å². The number of amidine groups is 2. The van der Waals surface area contributed by atoms with Crippen LogP contribution in [0.2, 0.25) is 0 Å². The van der Waals surface area contributed by atoms with Gasteiger partial charge < -0.3 is 19.7 Å². The largest absolute Gasteiger partial charge is 0.497 e. The van der Waals surface area contributed by atoms with Crippen molar-refractivity contribution in [1.29, 1.82) is 10.8 Å². The number of amides is 1. The van der Waals surface area contributed by atoms with Crippen molar-refractivity contribution < 1.29 is 19.2 Å². The molecule has 5 rings (SSSR count). The first-order chi connectivity index (χ1) is 19.2. The van der Waals surface area contributed by atoms with E-state index in [-0.39, 0.29) is 24.1 Å². The van der Waals surface area contributed by atoms with E-state index < -0.39 is 7.12 Å². The minimum absolute atomic E-state index is 0.0394. The molecule has 1 amide bonds. The summed E-state index contributed by atoms with van der Waals surface area (Å²) in [5.74, 6) is 1.25. The summed E-state index contributed by atoms with van der Waals surface area (Å²) >= 11 is 1.61. The first kappa shape index (κ1) is 29.1. The molecule has 0 aromatic heterocycles. The highest BCUT2D eigenvalue weighted by Gasteiger charge is 2.27. The maximum Gasteiger partial charge on any atom is 0.491 e. The van der Waals surface area contributed by atoms with E-state index in [0.717, 1.165) is 49.9 Å². The second kappa shape index (κ2) is 13.0. The number of benzodiazepines with no additional fused rings is 1. The lowest BCUT2D eigenvalue weighted by atomic mass is 9.80. The van der Waals surface area contributed by atoms with Crippen LogP contribution in [0, 0.1) is 10.8 Å². The van der Waals surface area contributed by atoms with Gasteiger partial charge in [0, 0.05) is 34.4 Å². The van der Waals surface area contributed by atoms with Gasteiger partial charge in [-0.05, 0) is 67.3 Å². The van der Waals surface area contributed by atoms with Crippen molar-refractivity contribution in [3.63, 3.8) is 0 Å². The van der Waals surface area contributed by atoms with Crippen LogP contribution in [0.3, 0.4) is 0 Å². The Balaban J connectivity index is 0.000000557. The van der Waals surface area contributed by atoms with Gasteiger partial charge in [0.25, 0.3) is 0 Å². The van der Waals surface area contributed by atoms with Crippen LogP contribution in [-0.4, -0.2) is 55.6 Å². The zero-order chi connectivity index (χ0) is 28.8. The Kier molecular flexibility index (Phi) is 9.41. The summed E-state index contributed by atoms with van der Waals surface area (Å²) in [7, 11) is 0.763. The molecule has 0 saturated heterocycles. The van der Waals surface area contributed by atoms with Crippen molar-refractivity contribution in [2.75, 3.05) is 25.1 Å². The van der Waals surface area contributed by atoms with Gasteiger partial charge in [0.1, 0.15) is 17.4 Å². The number of methoxy groups -OCH3 is 1. The molecule has 0 atom stereocenters. The summed E-state index contributed by atoms with van der Waals surface area (Å²) in [6, 6.07) is 19.7. The summed E-state index contributed by atoms with van der Waals surface area (Å²) in [6.45, 7) is 6.42. The maximum absolute atomic E-state index is 9.98. The topological polar surface area (TPSA) is 131 Å². The highest BCUT2D eigenvalue weighted by atomic mass is 32.2. The van der Waals surface area contributed by atoms with Crippen LogP contribution in [-0.2, 0) is 16.1 Å². The number of fused-ring (bicyclic) bond motifs is 2. The first-order valence-electron chi connectivity index (χ1n) is 12.8. The fourth-order valence-corrected chi connectivity index (χ4v) is 5.30. The van der Waals surface area contributed by atoms with Crippen LogP contribution in [0.5, 0.6) is 5.75 Å². The lowest BCUT2D eigenvalue weighted by Gasteiger charge is -2.24. The van der Waals surface area contributed by atoms with Crippen molar-refractivity contribution in [2.45, 2.75) is 37.2 Å². The number of hydrogen-bond donors (Lipinski definition) is 4. The monoisotopic (exact) mass is 557 g/mol.